The van der Waals surface area contributed by atoms with Crippen molar-refractivity contribution in [1.29, 1.82) is 0 Å². The molecule has 0 aliphatic heterocycles. The van der Waals surface area contributed by atoms with Crippen LogP contribution in [0.5, 0.6) is 0 Å². The van der Waals surface area contributed by atoms with Crippen molar-refractivity contribution in [3.63, 3.8) is 0 Å². The van der Waals surface area contributed by atoms with E-state index in [1.54, 1.807) is 7.11 Å². The lowest BCUT2D eigenvalue weighted by Crippen LogP contribution is -2.28. The Balaban J connectivity index is 3.02. The molecular formula is C9H21NOS. The highest BCUT2D eigenvalue weighted by atomic mass is 32.2. The van der Waals surface area contributed by atoms with Gasteiger partial charge in [0, 0.05) is 24.7 Å². The molecular weight excluding hydrogens is 170 g/mol. The highest BCUT2D eigenvalue weighted by Crippen LogP contribution is 2.01. The van der Waals surface area contributed by atoms with Gasteiger partial charge in [0.15, 0.2) is 0 Å². The second-order valence-corrected chi connectivity index (χ2v) is 4.07. The van der Waals surface area contributed by atoms with Gasteiger partial charge >= 0.3 is 0 Å². The predicted octanol–water partition coefficient (Wildman–Crippen LogP) is 1.75. The zero-order chi connectivity index (χ0) is 9.23. The van der Waals surface area contributed by atoms with Crippen LogP contribution in [0, 0.1) is 0 Å². The van der Waals surface area contributed by atoms with Crippen LogP contribution in [0.25, 0.3) is 0 Å². The normalized spacial score (nSPS) is 13.2. The summed E-state index contributed by atoms with van der Waals surface area (Å²) in [6.07, 6.45) is 1.22. The number of rotatable bonds is 8. The third-order valence-electron chi connectivity index (χ3n) is 1.54. The van der Waals surface area contributed by atoms with Gasteiger partial charge < -0.3 is 10.1 Å². The minimum Gasteiger partial charge on any atom is -0.384 e. The molecule has 0 aromatic heterocycles. The molecule has 1 atom stereocenters. The largest absolute Gasteiger partial charge is 0.384 e. The van der Waals surface area contributed by atoms with Crippen LogP contribution in [0.4, 0.5) is 0 Å². The Morgan fingerprint density at radius 3 is 2.83 bits per heavy atom. The summed E-state index contributed by atoms with van der Waals surface area (Å²) < 4.78 is 4.96. The van der Waals surface area contributed by atoms with Gasteiger partial charge in [-0.05, 0) is 19.9 Å². The van der Waals surface area contributed by atoms with Gasteiger partial charge in [0.25, 0.3) is 0 Å². The molecule has 0 saturated carbocycles. The van der Waals surface area contributed by atoms with Crippen LogP contribution in [0.3, 0.4) is 0 Å². The molecule has 0 spiro atoms. The average Bonchev–Trinajstić information content (AvgIpc) is 2.09. The second-order valence-electron chi connectivity index (χ2n) is 2.92. The van der Waals surface area contributed by atoms with Crippen LogP contribution in [0.1, 0.15) is 20.3 Å². The molecule has 1 unspecified atom stereocenters. The fraction of sp³-hybridized carbons (Fsp3) is 1.00. The van der Waals surface area contributed by atoms with Gasteiger partial charge in [0.2, 0.25) is 0 Å². The highest BCUT2D eigenvalue weighted by Gasteiger charge is 1.98. The van der Waals surface area contributed by atoms with Crippen LogP contribution >= 0.6 is 11.8 Å². The zero-order valence-corrected chi connectivity index (χ0v) is 9.25. The minimum atomic E-state index is 0.631. The van der Waals surface area contributed by atoms with Crippen LogP contribution < -0.4 is 5.32 Å². The predicted molar refractivity (Wildman–Crippen MR) is 57.0 cm³/mol. The summed E-state index contributed by atoms with van der Waals surface area (Å²) in [6, 6.07) is 0.631. The van der Waals surface area contributed by atoms with Crippen molar-refractivity contribution in [3.05, 3.63) is 0 Å². The summed E-state index contributed by atoms with van der Waals surface area (Å²) in [5.74, 6) is 2.29. The number of hydrogen-bond acceptors (Lipinski definition) is 3. The van der Waals surface area contributed by atoms with E-state index in [9.17, 15) is 0 Å². The smallest absolute Gasteiger partial charge is 0.0552 e. The molecule has 0 rings (SSSR count). The van der Waals surface area contributed by atoms with Crippen LogP contribution in [0.15, 0.2) is 0 Å². The summed E-state index contributed by atoms with van der Waals surface area (Å²) in [5.41, 5.74) is 0. The molecule has 0 bridgehead atoms. The first-order chi connectivity index (χ1) is 5.81. The first kappa shape index (κ1) is 12.3. The molecule has 74 valence electrons. The van der Waals surface area contributed by atoms with Gasteiger partial charge in [-0.15, -0.1) is 0 Å². The zero-order valence-electron chi connectivity index (χ0n) is 8.43. The molecule has 0 aliphatic carbocycles. The number of methoxy groups -OCH3 is 1. The van der Waals surface area contributed by atoms with Crippen molar-refractivity contribution in [2.24, 2.45) is 0 Å². The van der Waals surface area contributed by atoms with E-state index in [2.05, 4.69) is 19.2 Å². The van der Waals surface area contributed by atoms with Gasteiger partial charge in [-0.2, -0.15) is 11.8 Å². The molecule has 0 amide bonds. The molecule has 0 radical (unpaired) electrons. The van der Waals surface area contributed by atoms with Crippen molar-refractivity contribution in [3.8, 4) is 0 Å². The maximum absolute atomic E-state index is 4.96. The standard InChI is InChI=1S/C9H21NOS/c1-4-5-10-9(2)8-12-7-6-11-3/h9-10H,4-8H2,1-3H3. The molecule has 0 aromatic rings. The lowest BCUT2D eigenvalue weighted by molar-refractivity contribution is 0.218. The number of hydrogen-bond donors (Lipinski definition) is 1. The Morgan fingerprint density at radius 1 is 1.50 bits per heavy atom. The van der Waals surface area contributed by atoms with Crippen molar-refractivity contribution < 1.29 is 4.74 Å². The molecule has 0 aromatic carbocycles. The summed E-state index contributed by atoms with van der Waals surface area (Å²) >= 11 is 1.95. The first-order valence-corrected chi connectivity index (χ1v) is 5.76. The lowest BCUT2D eigenvalue weighted by atomic mass is 10.3. The topological polar surface area (TPSA) is 21.3 Å². The molecule has 1 N–H and O–H groups in total. The Bertz CT molecular complexity index is 90.6. The first-order valence-electron chi connectivity index (χ1n) is 4.61. The Morgan fingerprint density at radius 2 is 2.25 bits per heavy atom. The van der Waals surface area contributed by atoms with E-state index in [0.29, 0.717) is 6.04 Å². The van der Waals surface area contributed by atoms with Gasteiger partial charge in [0.05, 0.1) is 6.61 Å². The maximum atomic E-state index is 4.96. The highest BCUT2D eigenvalue weighted by molar-refractivity contribution is 7.99. The van der Waals surface area contributed by atoms with E-state index in [0.717, 1.165) is 18.9 Å². The minimum absolute atomic E-state index is 0.631. The molecule has 12 heavy (non-hydrogen) atoms. The SMILES string of the molecule is CCCNC(C)CSCCOC. The summed E-state index contributed by atoms with van der Waals surface area (Å²) in [6.45, 7) is 6.42. The number of nitrogens with one attached hydrogen (secondary N) is 1. The van der Waals surface area contributed by atoms with E-state index in [-0.39, 0.29) is 0 Å². The summed E-state index contributed by atoms with van der Waals surface area (Å²) in [5, 5.41) is 3.45. The Kier molecular flexibility index (Phi) is 9.57. The van der Waals surface area contributed by atoms with E-state index >= 15 is 0 Å². The van der Waals surface area contributed by atoms with E-state index < -0.39 is 0 Å². The van der Waals surface area contributed by atoms with Gasteiger partial charge in [-0.1, -0.05) is 6.92 Å². The monoisotopic (exact) mass is 191 g/mol. The number of ether oxygens (including phenoxy) is 1. The fourth-order valence-electron chi connectivity index (χ4n) is 0.852. The second kappa shape index (κ2) is 9.36. The molecule has 0 heterocycles. The quantitative estimate of drug-likeness (QED) is 0.591. The van der Waals surface area contributed by atoms with Crippen LogP contribution in [0.2, 0.25) is 0 Å². The third-order valence-corrected chi connectivity index (χ3v) is 2.73. The van der Waals surface area contributed by atoms with Crippen molar-refractivity contribution in [2.45, 2.75) is 26.3 Å². The van der Waals surface area contributed by atoms with Gasteiger partial charge in [0.1, 0.15) is 0 Å². The van der Waals surface area contributed by atoms with Gasteiger partial charge in [-0.3, -0.25) is 0 Å². The lowest BCUT2D eigenvalue weighted by Gasteiger charge is -2.11. The van der Waals surface area contributed by atoms with E-state index in [1.165, 1.54) is 12.2 Å². The van der Waals surface area contributed by atoms with Crippen molar-refractivity contribution in [2.75, 3.05) is 31.8 Å². The van der Waals surface area contributed by atoms with E-state index in [4.69, 9.17) is 4.74 Å². The van der Waals surface area contributed by atoms with Crippen molar-refractivity contribution in [1.82, 2.24) is 5.32 Å². The molecule has 0 aliphatic rings. The van der Waals surface area contributed by atoms with Crippen molar-refractivity contribution >= 4 is 11.8 Å². The molecule has 0 saturated heterocycles. The Hall–Kier alpha value is 0.270. The average molecular weight is 191 g/mol. The van der Waals surface area contributed by atoms with Crippen LogP contribution in [-0.4, -0.2) is 37.8 Å². The maximum Gasteiger partial charge on any atom is 0.0552 e. The third kappa shape index (κ3) is 8.37. The van der Waals surface area contributed by atoms with E-state index in [1.807, 2.05) is 11.8 Å². The Labute approximate surface area is 80.4 Å². The van der Waals surface area contributed by atoms with Gasteiger partial charge in [-0.25, -0.2) is 0 Å². The number of thioether (sulfide) groups is 1. The molecule has 2 nitrogen and oxygen atoms in total. The van der Waals surface area contributed by atoms with Crippen LogP contribution in [-0.2, 0) is 4.74 Å². The summed E-state index contributed by atoms with van der Waals surface area (Å²) in [4.78, 5) is 0. The summed E-state index contributed by atoms with van der Waals surface area (Å²) in [7, 11) is 1.75. The molecule has 0 fully saturated rings. The fourth-order valence-corrected chi connectivity index (χ4v) is 1.77. The molecule has 3 heteroatoms.